The average molecular weight is 355 g/mol. The second-order valence-electron chi connectivity index (χ2n) is 5.35. The van der Waals surface area contributed by atoms with E-state index < -0.39 is 27.6 Å². The van der Waals surface area contributed by atoms with E-state index in [1.165, 1.54) is 11.1 Å². The van der Waals surface area contributed by atoms with E-state index in [-0.39, 0.29) is 24.0 Å². The van der Waals surface area contributed by atoms with Gasteiger partial charge in [-0.3, -0.25) is 9.59 Å². The van der Waals surface area contributed by atoms with Crippen LogP contribution in [0.25, 0.3) is 0 Å². The Labute approximate surface area is 140 Å². The number of nitrogens with zero attached hydrogens (tertiary/aromatic N) is 1. The van der Waals surface area contributed by atoms with Gasteiger partial charge in [0.15, 0.2) is 0 Å². The van der Waals surface area contributed by atoms with E-state index in [0.717, 1.165) is 5.56 Å². The molecule has 122 valence electrons. The summed E-state index contributed by atoms with van der Waals surface area (Å²) in [6.07, 6.45) is 1.62. The number of carbonyl (C=O) groups excluding carboxylic acids is 2. The van der Waals surface area contributed by atoms with Crippen LogP contribution in [-0.4, -0.2) is 44.3 Å². The van der Waals surface area contributed by atoms with Crippen molar-refractivity contribution >= 4 is 39.6 Å². The van der Waals surface area contributed by atoms with Crippen molar-refractivity contribution in [3.8, 4) is 0 Å². The van der Waals surface area contributed by atoms with Gasteiger partial charge in [-0.2, -0.15) is 0 Å². The number of benzene rings is 1. The van der Waals surface area contributed by atoms with E-state index >= 15 is 0 Å². The number of carboxylic acid groups (broad SMARTS) is 1. The van der Waals surface area contributed by atoms with Crippen LogP contribution in [-0.2, 0) is 16.0 Å². The number of thiol groups is 1. The third-order valence-electron chi connectivity index (χ3n) is 3.79. The van der Waals surface area contributed by atoms with Crippen LogP contribution in [0.5, 0.6) is 0 Å². The van der Waals surface area contributed by atoms with E-state index in [4.69, 9.17) is 11.6 Å². The van der Waals surface area contributed by atoms with Gasteiger partial charge in [-0.25, -0.2) is 4.79 Å². The molecule has 3 atom stereocenters. The molecule has 0 aliphatic carbocycles. The Morgan fingerprint density at radius 3 is 2.70 bits per heavy atom. The summed E-state index contributed by atoms with van der Waals surface area (Å²) >= 11 is 5.91. The lowest BCUT2D eigenvalue weighted by atomic mass is 10.1. The molecule has 2 heterocycles. The maximum Gasteiger partial charge on any atom is 0.346 e. The number of hydrogen-bond acceptors (Lipinski definition) is 3. The van der Waals surface area contributed by atoms with E-state index in [1.807, 2.05) is 30.3 Å². The van der Waals surface area contributed by atoms with Gasteiger partial charge >= 0.3 is 5.30 Å². The van der Waals surface area contributed by atoms with Gasteiger partial charge < -0.3 is 15.3 Å². The van der Waals surface area contributed by atoms with Gasteiger partial charge in [-0.1, -0.05) is 41.9 Å². The fourth-order valence-corrected chi connectivity index (χ4v) is 5.23. The van der Waals surface area contributed by atoms with E-state index in [2.05, 4.69) is 5.32 Å². The Hall–Kier alpha value is -1.99. The summed E-state index contributed by atoms with van der Waals surface area (Å²) in [4.78, 5) is 37.0. The van der Waals surface area contributed by atoms with Crippen molar-refractivity contribution in [1.82, 2.24) is 10.2 Å². The first kappa shape index (κ1) is 15.9. The molecule has 6 nitrogen and oxygen atoms in total. The molecule has 0 aromatic heterocycles. The highest BCUT2D eigenvalue weighted by Gasteiger charge is 2.53. The van der Waals surface area contributed by atoms with Gasteiger partial charge in [0.2, 0.25) is 5.91 Å². The van der Waals surface area contributed by atoms with E-state index in [1.54, 1.807) is 0 Å². The normalized spacial score (nSPS) is 27.5. The van der Waals surface area contributed by atoms with Gasteiger partial charge in [-0.15, -0.1) is 10.9 Å². The predicted octanol–water partition coefficient (Wildman–Crippen LogP) is 1.66. The van der Waals surface area contributed by atoms with Crippen LogP contribution in [0.2, 0.25) is 0 Å². The monoisotopic (exact) mass is 354 g/mol. The Morgan fingerprint density at radius 2 is 2.04 bits per heavy atom. The van der Waals surface area contributed by atoms with Crippen molar-refractivity contribution in [3.05, 3.63) is 47.1 Å². The second-order valence-corrected chi connectivity index (χ2v) is 8.01. The lowest BCUT2D eigenvalue weighted by Crippen LogP contribution is -2.70. The van der Waals surface area contributed by atoms with Crippen LogP contribution < -0.4 is 5.32 Å². The molecular formula is C15H15ClN2O4S. The minimum Gasteiger partial charge on any atom is -0.474 e. The smallest absolute Gasteiger partial charge is 0.346 e. The zero-order chi connectivity index (χ0) is 16.6. The van der Waals surface area contributed by atoms with Gasteiger partial charge in [-0.05, 0) is 5.56 Å². The molecule has 2 amide bonds. The molecule has 23 heavy (non-hydrogen) atoms. The molecule has 2 aliphatic rings. The summed E-state index contributed by atoms with van der Waals surface area (Å²) in [7, 11) is -1.53. The van der Waals surface area contributed by atoms with Gasteiger partial charge in [0.05, 0.1) is 6.42 Å². The maximum absolute atomic E-state index is 12.1. The van der Waals surface area contributed by atoms with E-state index in [0.29, 0.717) is 5.03 Å². The SMILES string of the molecule is O=C(Cc1ccccc1)NC1C(=O)N2C=C(Cl)C[SH](C(=O)O)C12. The summed E-state index contributed by atoms with van der Waals surface area (Å²) in [6.45, 7) is 0. The summed E-state index contributed by atoms with van der Waals surface area (Å²) in [5, 5.41) is 10.9. The number of nitrogens with one attached hydrogen (secondary N) is 1. The largest absolute Gasteiger partial charge is 0.474 e. The predicted molar refractivity (Wildman–Crippen MR) is 88.5 cm³/mol. The Morgan fingerprint density at radius 1 is 1.35 bits per heavy atom. The molecule has 2 aliphatic heterocycles. The topological polar surface area (TPSA) is 86.7 Å². The number of amides is 2. The molecule has 8 heteroatoms. The summed E-state index contributed by atoms with van der Waals surface area (Å²) < 4.78 is 0. The summed E-state index contributed by atoms with van der Waals surface area (Å²) in [5.74, 6) is -0.385. The van der Waals surface area contributed by atoms with Crippen molar-refractivity contribution < 1.29 is 19.5 Å². The highest BCUT2D eigenvalue weighted by molar-refractivity contribution is 8.30. The van der Waals surface area contributed by atoms with Crippen LogP contribution in [0.1, 0.15) is 5.56 Å². The lowest BCUT2D eigenvalue weighted by molar-refractivity contribution is -0.144. The molecule has 0 radical (unpaired) electrons. The number of hydrogen-bond donors (Lipinski definition) is 3. The first-order chi connectivity index (χ1) is 11.0. The Bertz CT molecular complexity index is 694. The second kappa shape index (κ2) is 6.25. The Kier molecular flexibility index (Phi) is 4.32. The summed E-state index contributed by atoms with van der Waals surface area (Å²) in [5.41, 5.74) is 0.834. The van der Waals surface area contributed by atoms with Crippen molar-refractivity contribution in [2.45, 2.75) is 17.8 Å². The zero-order valence-corrected chi connectivity index (χ0v) is 13.6. The molecular weight excluding hydrogens is 340 g/mol. The van der Waals surface area contributed by atoms with Crippen LogP contribution in [0.3, 0.4) is 0 Å². The molecule has 1 saturated heterocycles. The molecule has 3 unspecified atom stereocenters. The van der Waals surface area contributed by atoms with Crippen molar-refractivity contribution in [3.63, 3.8) is 0 Å². The van der Waals surface area contributed by atoms with Crippen molar-refractivity contribution in [2.24, 2.45) is 0 Å². The molecule has 1 aromatic carbocycles. The minimum atomic E-state index is -1.53. The molecule has 2 N–H and O–H groups in total. The minimum absolute atomic E-state index is 0.152. The lowest BCUT2D eigenvalue weighted by Gasteiger charge is -2.51. The van der Waals surface area contributed by atoms with Crippen LogP contribution in [0.15, 0.2) is 41.6 Å². The fraction of sp³-hybridized carbons (Fsp3) is 0.267. The average Bonchev–Trinajstić information content (AvgIpc) is 2.53. The fourth-order valence-electron chi connectivity index (χ4n) is 2.74. The number of β-lactam (4-membered cyclic amide) rings is 1. The molecule has 3 rings (SSSR count). The number of carbonyl (C=O) groups is 3. The molecule has 0 saturated carbocycles. The number of fused-ring (bicyclic) bond motifs is 1. The van der Waals surface area contributed by atoms with Crippen LogP contribution >= 0.6 is 22.5 Å². The first-order valence-electron chi connectivity index (χ1n) is 6.98. The highest BCUT2D eigenvalue weighted by atomic mass is 35.5. The number of rotatable bonds is 3. The van der Waals surface area contributed by atoms with Crippen LogP contribution in [0.4, 0.5) is 4.79 Å². The Balaban J connectivity index is 1.70. The zero-order valence-electron chi connectivity index (χ0n) is 12.0. The van der Waals surface area contributed by atoms with Gasteiger partial charge in [0, 0.05) is 17.0 Å². The maximum atomic E-state index is 12.1. The molecule has 0 bridgehead atoms. The third kappa shape index (κ3) is 3.07. The molecule has 0 spiro atoms. The molecule has 1 aromatic rings. The standard InChI is InChI=1S/C15H15ClN2O4S/c16-10-7-18-13(20)12(14(18)23(8-10)15(21)22)17-11(19)6-9-4-2-1-3-5-9/h1-5,7,12,14,23H,6,8H2,(H,17,19)(H,21,22). The van der Waals surface area contributed by atoms with Crippen molar-refractivity contribution in [2.75, 3.05) is 5.75 Å². The number of halogens is 1. The molecule has 1 fully saturated rings. The van der Waals surface area contributed by atoms with E-state index in [9.17, 15) is 19.5 Å². The summed E-state index contributed by atoms with van der Waals surface area (Å²) in [6, 6.07) is 8.37. The van der Waals surface area contributed by atoms with Gasteiger partial charge in [0.1, 0.15) is 11.4 Å². The highest BCUT2D eigenvalue weighted by Crippen LogP contribution is 2.48. The quantitative estimate of drug-likeness (QED) is 0.569. The van der Waals surface area contributed by atoms with Crippen molar-refractivity contribution in [1.29, 1.82) is 0 Å². The first-order valence-corrected chi connectivity index (χ1v) is 8.96. The van der Waals surface area contributed by atoms with Gasteiger partial charge in [0.25, 0.3) is 5.91 Å². The third-order valence-corrected chi connectivity index (χ3v) is 6.57. The van der Waals surface area contributed by atoms with Crippen LogP contribution in [0, 0.1) is 0 Å².